The van der Waals surface area contributed by atoms with E-state index in [1.165, 1.54) is 0 Å². The Morgan fingerprint density at radius 3 is 2.54 bits per heavy atom. The molecule has 28 heavy (non-hydrogen) atoms. The molecule has 1 aromatic carbocycles. The molecule has 8 nitrogen and oxygen atoms in total. The topological polar surface area (TPSA) is 84.8 Å². The van der Waals surface area contributed by atoms with Gasteiger partial charge in [-0.05, 0) is 37.3 Å². The minimum Gasteiger partial charge on any atom is -0.497 e. The summed E-state index contributed by atoms with van der Waals surface area (Å²) in [7, 11) is 1.63. The Hall–Kier alpha value is -3.13. The molecule has 0 saturated carbocycles. The molecule has 1 saturated heterocycles. The lowest BCUT2D eigenvalue weighted by Gasteiger charge is -2.33. The van der Waals surface area contributed by atoms with Gasteiger partial charge in [0.15, 0.2) is 5.76 Å². The van der Waals surface area contributed by atoms with Crippen molar-refractivity contribution < 1.29 is 18.5 Å². The second kappa shape index (κ2) is 7.85. The summed E-state index contributed by atoms with van der Waals surface area (Å²) in [6, 6.07) is 9.33. The first-order valence-corrected chi connectivity index (χ1v) is 9.17. The minimum atomic E-state index is -0.0540. The van der Waals surface area contributed by atoms with E-state index in [0.717, 1.165) is 30.0 Å². The van der Waals surface area contributed by atoms with Crippen molar-refractivity contribution in [3.8, 4) is 17.1 Å². The maximum atomic E-state index is 12.5. The summed E-state index contributed by atoms with van der Waals surface area (Å²) < 4.78 is 15.9. The Kier molecular flexibility index (Phi) is 5.12. The number of piperazine rings is 1. The van der Waals surface area contributed by atoms with E-state index in [4.69, 9.17) is 13.7 Å². The number of hydrogen-bond acceptors (Lipinski definition) is 7. The number of hydrogen-bond donors (Lipinski definition) is 0. The number of benzene rings is 1. The first-order valence-electron chi connectivity index (χ1n) is 9.17. The van der Waals surface area contributed by atoms with Crippen molar-refractivity contribution in [1.82, 2.24) is 19.9 Å². The predicted octanol–water partition coefficient (Wildman–Crippen LogP) is 2.60. The largest absolute Gasteiger partial charge is 0.497 e. The molecule has 3 aromatic rings. The molecule has 1 amide bonds. The molecule has 0 unspecified atom stereocenters. The number of furan rings is 1. The molecule has 3 heterocycles. The number of ether oxygens (including phenoxy) is 1. The average molecular weight is 382 g/mol. The molecule has 0 aliphatic carbocycles. The summed E-state index contributed by atoms with van der Waals surface area (Å²) in [6.45, 7) is 5.20. The highest BCUT2D eigenvalue weighted by Gasteiger charge is 2.26. The van der Waals surface area contributed by atoms with Gasteiger partial charge in [-0.15, -0.1) is 0 Å². The van der Waals surface area contributed by atoms with E-state index in [-0.39, 0.29) is 5.91 Å². The fraction of sp³-hybridized carbons (Fsp3) is 0.350. The summed E-state index contributed by atoms with van der Waals surface area (Å²) >= 11 is 0. The SMILES string of the molecule is COc1ccc(-c2noc(CN3CCN(C(=O)c4occc4C)CC3)n2)cc1. The summed E-state index contributed by atoms with van der Waals surface area (Å²) in [6.07, 6.45) is 1.55. The third-order valence-corrected chi connectivity index (χ3v) is 4.89. The molecule has 1 fully saturated rings. The Labute approximate surface area is 162 Å². The molecule has 0 bridgehead atoms. The Balaban J connectivity index is 1.33. The fourth-order valence-corrected chi connectivity index (χ4v) is 3.21. The molecule has 146 valence electrons. The maximum Gasteiger partial charge on any atom is 0.289 e. The van der Waals surface area contributed by atoms with Crippen molar-refractivity contribution in [2.24, 2.45) is 0 Å². The van der Waals surface area contributed by atoms with Crippen LogP contribution in [0, 0.1) is 6.92 Å². The van der Waals surface area contributed by atoms with E-state index >= 15 is 0 Å². The van der Waals surface area contributed by atoms with Crippen LogP contribution in [0.3, 0.4) is 0 Å². The van der Waals surface area contributed by atoms with Crippen molar-refractivity contribution in [3.63, 3.8) is 0 Å². The molecule has 0 atom stereocenters. The van der Waals surface area contributed by atoms with Crippen LogP contribution in [0.2, 0.25) is 0 Å². The highest BCUT2D eigenvalue weighted by atomic mass is 16.5. The van der Waals surface area contributed by atoms with Crippen molar-refractivity contribution >= 4 is 5.91 Å². The fourth-order valence-electron chi connectivity index (χ4n) is 3.21. The van der Waals surface area contributed by atoms with Gasteiger partial charge in [-0.1, -0.05) is 5.16 Å². The lowest BCUT2D eigenvalue weighted by Crippen LogP contribution is -2.48. The van der Waals surface area contributed by atoms with Crippen LogP contribution in [0.4, 0.5) is 0 Å². The van der Waals surface area contributed by atoms with Crippen LogP contribution in [-0.4, -0.2) is 59.1 Å². The normalized spacial score (nSPS) is 15.0. The zero-order valence-electron chi connectivity index (χ0n) is 15.9. The van der Waals surface area contributed by atoms with Gasteiger partial charge in [0.25, 0.3) is 5.91 Å². The van der Waals surface area contributed by atoms with Gasteiger partial charge in [0.1, 0.15) is 5.75 Å². The molecule has 1 aliphatic heterocycles. The number of carbonyl (C=O) groups excluding carboxylic acids is 1. The highest BCUT2D eigenvalue weighted by Crippen LogP contribution is 2.20. The van der Waals surface area contributed by atoms with Gasteiger partial charge in [0.05, 0.1) is 19.9 Å². The molecule has 0 N–H and O–H groups in total. The highest BCUT2D eigenvalue weighted by molar-refractivity contribution is 5.92. The van der Waals surface area contributed by atoms with Crippen LogP contribution in [0.1, 0.15) is 22.0 Å². The third kappa shape index (κ3) is 3.77. The van der Waals surface area contributed by atoms with Crippen LogP contribution in [-0.2, 0) is 6.54 Å². The van der Waals surface area contributed by atoms with Crippen LogP contribution in [0.15, 0.2) is 45.5 Å². The van der Waals surface area contributed by atoms with Gasteiger partial charge in [-0.2, -0.15) is 4.98 Å². The molecule has 2 aromatic heterocycles. The molecular formula is C20H22N4O4. The van der Waals surface area contributed by atoms with E-state index in [1.54, 1.807) is 19.4 Å². The van der Waals surface area contributed by atoms with Gasteiger partial charge < -0.3 is 18.6 Å². The molecular weight excluding hydrogens is 360 g/mol. The number of aromatic nitrogens is 2. The number of amides is 1. The number of nitrogens with zero attached hydrogens (tertiary/aromatic N) is 4. The molecule has 4 rings (SSSR count). The number of carbonyl (C=O) groups is 1. The maximum absolute atomic E-state index is 12.5. The summed E-state index contributed by atoms with van der Waals surface area (Å²) in [4.78, 5) is 21.0. The molecule has 1 aliphatic rings. The summed E-state index contributed by atoms with van der Waals surface area (Å²) in [5.74, 6) is 2.27. The lowest BCUT2D eigenvalue weighted by molar-refractivity contribution is 0.0584. The Morgan fingerprint density at radius 2 is 1.89 bits per heavy atom. The smallest absolute Gasteiger partial charge is 0.289 e. The lowest BCUT2D eigenvalue weighted by atomic mass is 10.2. The second-order valence-electron chi connectivity index (χ2n) is 6.74. The van der Waals surface area contributed by atoms with Gasteiger partial charge in [-0.25, -0.2) is 0 Å². The first kappa shape index (κ1) is 18.2. The monoisotopic (exact) mass is 382 g/mol. The predicted molar refractivity (Wildman–Crippen MR) is 101 cm³/mol. The molecule has 8 heteroatoms. The zero-order valence-corrected chi connectivity index (χ0v) is 15.9. The van der Waals surface area contributed by atoms with E-state index < -0.39 is 0 Å². The first-order chi connectivity index (χ1) is 13.6. The van der Waals surface area contributed by atoms with Gasteiger partial charge >= 0.3 is 0 Å². The van der Waals surface area contributed by atoms with E-state index in [2.05, 4.69) is 15.0 Å². The number of aryl methyl sites for hydroxylation is 1. The van der Waals surface area contributed by atoms with E-state index in [9.17, 15) is 4.79 Å². The molecule has 0 radical (unpaired) electrons. The van der Waals surface area contributed by atoms with Crippen LogP contribution in [0.25, 0.3) is 11.4 Å². The quantitative estimate of drug-likeness (QED) is 0.670. The Bertz CT molecular complexity index is 939. The minimum absolute atomic E-state index is 0.0540. The average Bonchev–Trinajstić information content (AvgIpc) is 3.37. The van der Waals surface area contributed by atoms with Crippen molar-refractivity contribution in [2.75, 3.05) is 33.3 Å². The van der Waals surface area contributed by atoms with Gasteiger partial charge in [0, 0.05) is 37.3 Å². The summed E-state index contributed by atoms with van der Waals surface area (Å²) in [5.41, 5.74) is 1.74. The van der Waals surface area contributed by atoms with Crippen LogP contribution >= 0.6 is 0 Å². The second-order valence-corrected chi connectivity index (χ2v) is 6.74. The summed E-state index contributed by atoms with van der Waals surface area (Å²) in [5, 5.41) is 4.06. The number of rotatable bonds is 5. The van der Waals surface area contributed by atoms with Gasteiger partial charge in [-0.3, -0.25) is 9.69 Å². The van der Waals surface area contributed by atoms with E-state index in [1.807, 2.05) is 36.1 Å². The van der Waals surface area contributed by atoms with Crippen LogP contribution in [0.5, 0.6) is 5.75 Å². The van der Waals surface area contributed by atoms with Gasteiger partial charge in [0.2, 0.25) is 11.7 Å². The van der Waals surface area contributed by atoms with Crippen molar-refractivity contribution in [1.29, 1.82) is 0 Å². The molecule has 0 spiro atoms. The van der Waals surface area contributed by atoms with Crippen LogP contribution < -0.4 is 4.74 Å². The Morgan fingerprint density at radius 1 is 1.14 bits per heavy atom. The van der Waals surface area contributed by atoms with E-state index in [0.29, 0.717) is 37.1 Å². The van der Waals surface area contributed by atoms with Crippen molar-refractivity contribution in [3.05, 3.63) is 53.8 Å². The standard InChI is InChI=1S/C20H22N4O4/c1-14-7-12-27-18(14)20(25)24-10-8-23(9-11-24)13-17-21-19(22-28-17)15-3-5-16(26-2)6-4-15/h3-7,12H,8-11,13H2,1-2H3. The zero-order chi connectivity index (χ0) is 19.5. The third-order valence-electron chi connectivity index (χ3n) is 4.89. The number of methoxy groups -OCH3 is 1. The van der Waals surface area contributed by atoms with Crippen molar-refractivity contribution in [2.45, 2.75) is 13.5 Å².